The van der Waals surface area contributed by atoms with Crippen LogP contribution in [0.3, 0.4) is 0 Å². The Balaban J connectivity index is 2.33. The van der Waals surface area contributed by atoms with Crippen molar-refractivity contribution < 1.29 is 0 Å². The van der Waals surface area contributed by atoms with Crippen LogP contribution in [0.4, 0.5) is 0 Å². The van der Waals surface area contributed by atoms with Crippen molar-refractivity contribution >= 4 is 11.3 Å². The third-order valence-corrected chi connectivity index (χ3v) is 3.51. The highest BCUT2D eigenvalue weighted by Crippen LogP contribution is 2.27. The van der Waals surface area contributed by atoms with Crippen LogP contribution >= 0.6 is 11.3 Å². The second-order valence-electron chi connectivity index (χ2n) is 4.98. The lowest BCUT2D eigenvalue weighted by molar-refractivity contribution is 0.590. The highest BCUT2D eigenvalue weighted by atomic mass is 32.1. The third-order valence-electron chi connectivity index (χ3n) is 2.62. The fraction of sp³-hybridized carbons (Fsp3) is 0.286. The van der Waals surface area contributed by atoms with Gasteiger partial charge in [-0.2, -0.15) is 5.26 Å². The minimum atomic E-state index is 0.166. The molecule has 0 aliphatic heterocycles. The molecule has 1 aromatic carbocycles. The van der Waals surface area contributed by atoms with E-state index < -0.39 is 0 Å². The first-order valence-corrected chi connectivity index (χ1v) is 6.35. The Morgan fingerprint density at radius 2 is 1.82 bits per heavy atom. The predicted molar refractivity (Wildman–Crippen MR) is 71.0 cm³/mol. The summed E-state index contributed by atoms with van der Waals surface area (Å²) in [4.78, 5) is 4.25. The van der Waals surface area contributed by atoms with E-state index in [1.807, 2.05) is 0 Å². The Morgan fingerprint density at radius 1 is 1.18 bits per heavy atom. The second-order valence-corrected chi connectivity index (χ2v) is 5.84. The van der Waals surface area contributed by atoms with Crippen molar-refractivity contribution in [3.63, 3.8) is 0 Å². The number of nitriles is 1. The summed E-state index contributed by atoms with van der Waals surface area (Å²) in [6.07, 6.45) is 0. The topological polar surface area (TPSA) is 36.7 Å². The molecule has 2 nitrogen and oxygen atoms in total. The molecule has 0 fully saturated rings. The lowest BCUT2D eigenvalue weighted by Gasteiger charge is -2.18. The van der Waals surface area contributed by atoms with Gasteiger partial charge in [-0.05, 0) is 11.0 Å². The van der Waals surface area contributed by atoms with Crippen LogP contribution in [-0.2, 0) is 5.41 Å². The minimum Gasteiger partial charge on any atom is -0.225 e. The van der Waals surface area contributed by atoms with E-state index in [2.05, 4.69) is 56.1 Å². The van der Waals surface area contributed by atoms with Gasteiger partial charge in [0.25, 0.3) is 0 Å². The molecule has 0 radical (unpaired) electrons. The second kappa shape index (κ2) is 4.31. The van der Waals surface area contributed by atoms with Gasteiger partial charge in [-0.1, -0.05) is 45.0 Å². The molecule has 1 aromatic heterocycles. The standard InChI is InChI=1S/C14H14N2S/c1-14(2,3)11-6-4-10(5-7-11)13-16-12(8-15)9-17-13/h4-7,9H,1-3H3. The van der Waals surface area contributed by atoms with Crippen LogP contribution < -0.4 is 0 Å². The molecule has 2 rings (SSSR count). The van der Waals surface area contributed by atoms with Crippen molar-refractivity contribution in [3.05, 3.63) is 40.9 Å². The number of aromatic nitrogens is 1. The Bertz CT molecular complexity index is 553. The van der Waals surface area contributed by atoms with Crippen molar-refractivity contribution in [2.24, 2.45) is 0 Å². The molecule has 0 amide bonds. The van der Waals surface area contributed by atoms with Gasteiger partial charge in [0.15, 0.2) is 5.69 Å². The van der Waals surface area contributed by atoms with E-state index in [0.717, 1.165) is 10.6 Å². The highest BCUT2D eigenvalue weighted by molar-refractivity contribution is 7.13. The van der Waals surface area contributed by atoms with Gasteiger partial charge in [0.1, 0.15) is 11.1 Å². The monoisotopic (exact) mass is 242 g/mol. The summed E-state index contributed by atoms with van der Waals surface area (Å²) in [6.45, 7) is 6.58. The summed E-state index contributed by atoms with van der Waals surface area (Å²) in [7, 11) is 0. The predicted octanol–water partition coefficient (Wildman–Crippen LogP) is 3.98. The average molecular weight is 242 g/mol. The molecular formula is C14H14N2S. The number of benzene rings is 1. The lowest BCUT2D eigenvalue weighted by Crippen LogP contribution is -2.10. The molecule has 0 spiro atoms. The first-order valence-electron chi connectivity index (χ1n) is 5.47. The highest BCUT2D eigenvalue weighted by Gasteiger charge is 2.13. The minimum absolute atomic E-state index is 0.166. The van der Waals surface area contributed by atoms with Crippen molar-refractivity contribution in [3.8, 4) is 16.6 Å². The third kappa shape index (κ3) is 2.54. The Kier molecular flexibility index (Phi) is 2.99. The van der Waals surface area contributed by atoms with Gasteiger partial charge in [-0.25, -0.2) is 4.98 Å². The molecule has 0 N–H and O–H groups in total. The molecule has 17 heavy (non-hydrogen) atoms. The molecule has 1 heterocycles. The summed E-state index contributed by atoms with van der Waals surface area (Å²) >= 11 is 1.51. The Hall–Kier alpha value is -1.66. The van der Waals surface area contributed by atoms with E-state index in [1.165, 1.54) is 16.9 Å². The van der Waals surface area contributed by atoms with Gasteiger partial charge >= 0.3 is 0 Å². The summed E-state index contributed by atoms with van der Waals surface area (Å²) in [6, 6.07) is 10.4. The Morgan fingerprint density at radius 3 is 2.29 bits per heavy atom. The smallest absolute Gasteiger partial charge is 0.152 e. The van der Waals surface area contributed by atoms with Crippen LogP contribution in [0.2, 0.25) is 0 Å². The van der Waals surface area contributed by atoms with Crippen LogP contribution in [0.25, 0.3) is 10.6 Å². The first-order chi connectivity index (χ1) is 8.00. The Labute approximate surface area is 106 Å². The van der Waals surface area contributed by atoms with Gasteiger partial charge in [-0.3, -0.25) is 0 Å². The zero-order valence-corrected chi connectivity index (χ0v) is 11.0. The van der Waals surface area contributed by atoms with Crippen LogP contribution in [-0.4, -0.2) is 4.98 Å². The quantitative estimate of drug-likeness (QED) is 0.758. The van der Waals surface area contributed by atoms with Gasteiger partial charge in [-0.15, -0.1) is 11.3 Å². The van der Waals surface area contributed by atoms with E-state index in [1.54, 1.807) is 5.38 Å². The van der Waals surface area contributed by atoms with Crippen LogP contribution in [0, 0.1) is 11.3 Å². The van der Waals surface area contributed by atoms with E-state index >= 15 is 0 Å². The van der Waals surface area contributed by atoms with Crippen LogP contribution in [0.1, 0.15) is 32.0 Å². The molecule has 0 saturated heterocycles. The van der Waals surface area contributed by atoms with E-state index in [4.69, 9.17) is 5.26 Å². The van der Waals surface area contributed by atoms with Crippen molar-refractivity contribution in [1.29, 1.82) is 5.26 Å². The van der Waals surface area contributed by atoms with Crippen molar-refractivity contribution in [1.82, 2.24) is 4.98 Å². The normalized spacial score (nSPS) is 11.2. The number of hydrogen-bond acceptors (Lipinski definition) is 3. The fourth-order valence-electron chi connectivity index (χ4n) is 1.57. The van der Waals surface area contributed by atoms with Gasteiger partial charge in [0.2, 0.25) is 0 Å². The van der Waals surface area contributed by atoms with Gasteiger partial charge in [0, 0.05) is 10.9 Å². The lowest BCUT2D eigenvalue weighted by atomic mass is 9.87. The number of hydrogen-bond donors (Lipinski definition) is 0. The van der Waals surface area contributed by atoms with Crippen molar-refractivity contribution in [2.45, 2.75) is 26.2 Å². The summed E-state index contributed by atoms with van der Waals surface area (Å²) in [5.74, 6) is 0. The summed E-state index contributed by atoms with van der Waals surface area (Å²) in [5.41, 5.74) is 3.03. The molecule has 86 valence electrons. The SMILES string of the molecule is CC(C)(C)c1ccc(-c2nc(C#N)cs2)cc1. The maximum absolute atomic E-state index is 8.74. The fourth-order valence-corrected chi connectivity index (χ4v) is 2.32. The molecule has 0 aliphatic rings. The zero-order chi connectivity index (χ0) is 12.5. The molecule has 0 unspecified atom stereocenters. The average Bonchev–Trinajstić information content (AvgIpc) is 2.76. The molecular weight excluding hydrogens is 228 g/mol. The summed E-state index contributed by atoms with van der Waals surface area (Å²) in [5, 5.41) is 11.4. The van der Waals surface area contributed by atoms with Crippen molar-refractivity contribution in [2.75, 3.05) is 0 Å². The number of nitrogens with zero attached hydrogens (tertiary/aromatic N) is 2. The number of rotatable bonds is 1. The molecule has 0 bridgehead atoms. The van der Waals surface area contributed by atoms with Gasteiger partial charge < -0.3 is 0 Å². The maximum Gasteiger partial charge on any atom is 0.152 e. The van der Waals surface area contributed by atoms with E-state index in [9.17, 15) is 0 Å². The largest absolute Gasteiger partial charge is 0.225 e. The first kappa shape index (κ1) is 11.8. The summed E-state index contributed by atoms with van der Waals surface area (Å²) < 4.78 is 0. The molecule has 2 aromatic rings. The van der Waals surface area contributed by atoms with Crippen LogP contribution in [0.15, 0.2) is 29.6 Å². The number of thiazole rings is 1. The molecule has 3 heteroatoms. The van der Waals surface area contributed by atoms with E-state index in [-0.39, 0.29) is 5.41 Å². The molecule has 0 aliphatic carbocycles. The van der Waals surface area contributed by atoms with E-state index in [0.29, 0.717) is 5.69 Å². The molecule has 0 atom stereocenters. The zero-order valence-electron chi connectivity index (χ0n) is 10.2. The maximum atomic E-state index is 8.74. The van der Waals surface area contributed by atoms with Crippen LogP contribution in [0.5, 0.6) is 0 Å². The molecule has 0 saturated carbocycles. The van der Waals surface area contributed by atoms with Gasteiger partial charge in [0.05, 0.1) is 0 Å².